The zero-order valence-corrected chi connectivity index (χ0v) is 15.6. The maximum absolute atomic E-state index is 14.1. The standard InChI is InChI=1S/C14H11F5N2O5S2/c1-26-8-4-3-6(5-7(8)15)20-28(24,25)14-11(18)9(16)13(10(17)12(14)19)21-27(2,22)23/h3-5,20-21H,1-2H3. The van der Waals surface area contributed by atoms with Gasteiger partial charge in [0.05, 0.1) is 19.1 Å². The molecular weight excluding hydrogens is 435 g/mol. The molecule has 0 bridgehead atoms. The van der Waals surface area contributed by atoms with Crippen molar-refractivity contribution in [2.75, 3.05) is 22.8 Å². The summed E-state index contributed by atoms with van der Waals surface area (Å²) < 4.78 is 124. The molecule has 0 atom stereocenters. The molecule has 0 amide bonds. The van der Waals surface area contributed by atoms with Crippen molar-refractivity contribution in [2.24, 2.45) is 0 Å². The molecule has 0 saturated carbocycles. The minimum atomic E-state index is -5.28. The Morgan fingerprint density at radius 1 is 0.857 bits per heavy atom. The van der Waals surface area contributed by atoms with Crippen molar-refractivity contribution in [3.63, 3.8) is 0 Å². The number of halogens is 5. The minimum Gasteiger partial charge on any atom is -0.494 e. The highest BCUT2D eigenvalue weighted by Gasteiger charge is 2.34. The minimum absolute atomic E-state index is 0.270. The summed E-state index contributed by atoms with van der Waals surface area (Å²) in [6.45, 7) is 0. The number of hydrogen-bond donors (Lipinski definition) is 2. The zero-order chi connectivity index (χ0) is 21.4. The molecule has 0 aliphatic rings. The average Bonchev–Trinajstić information content (AvgIpc) is 2.56. The third-order valence-corrected chi connectivity index (χ3v) is 5.16. The van der Waals surface area contributed by atoms with Crippen LogP contribution in [0.1, 0.15) is 0 Å². The van der Waals surface area contributed by atoms with Crippen LogP contribution in [0, 0.1) is 29.1 Å². The van der Waals surface area contributed by atoms with Crippen molar-refractivity contribution < 1.29 is 43.5 Å². The van der Waals surface area contributed by atoms with E-state index in [1.807, 2.05) is 0 Å². The number of nitrogens with one attached hydrogen (secondary N) is 2. The summed E-state index contributed by atoms with van der Waals surface area (Å²) in [5.74, 6) is -10.6. The summed E-state index contributed by atoms with van der Waals surface area (Å²) in [5, 5.41) is 0. The molecule has 2 N–H and O–H groups in total. The number of methoxy groups -OCH3 is 1. The zero-order valence-electron chi connectivity index (χ0n) is 14.0. The maximum Gasteiger partial charge on any atom is 0.267 e. The summed E-state index contributed by atoms with van der Waals surface area (Å²) >= 11 is 0. The van der Waals surface area contributed by atoms with Crippen molar-refractivity contribution in [3.8, 4) is 5.75 Å². The fourth-order valence-corrected chi connectivity index (χ4v) is 3.80. The van der Waals surface area contributed by atoms with Gasteiger partial charge in [-0.05, 0) is 12.1 Å². The quantitative estimate of drug-likeness (QED) is 0.525. The van der Waals surface area contributed by atoms with Crippen molar-refractivity contribution in [2.45, 2.75) is 4.90 Å². The van der Waals surface area contributed by atoms with Crippen LogP contribution in [0.2, 0.25) is 0 Å². The van der Waals surface area contributed by atoms with E-state index in [1.165, 1.54) is 4.72 Å². The van der Waals surface area contributed by atoms with Gasteiger partial charge in [-0.2, -0.15) is 0 Å². The molecule has 28 heavy (non-hydrogen) atoms. The summed E-state index contributed by atoms with van der Waals surface area (Å²) in [6.07, 6.45) is 0.451. The third kappa shape index (κ3) is 4.27. The van der Waals surface area contributed by atoms with Gasteiger partial charge in [-0.3, -0.25) is 9.44 Å². The van der Waals surface area contributed by atoms with Gasteiger partial charge in [-0.1, -0.05) is 0 Å². The van der Waals surface area contributed by atoms with Crippen LogP contribution < -0.4 is 14.2 Å². The number of hydrogen-bond acceptors (Lipinski definition) is 5. The lowest BCUT2D eigenvalue weighted by molar-refractivity contribution is 0.386. The summed E-state index contributed by atoms with van der Waals surface area (Å²) in [4.78, 5) is -2.06. The van der Waals surface area contributed by atoms with Gasteiger partial charge in [0.1, 0.15) is 5.69 Å². The Balaban J connectivity index is 2.59. The third-order valence-electron chi connectivity index (χ3n) is 3.18. The highest BCUT2D eigenvalue weighted by Crippen LogP contribution is 2.32. The molecule has 0 unspecified atom stereocenters. The van der Waals surface area contributed by atoms with Crippen molar-refractivity contribution >= 4 is 31.4 Å². The molecule has 2 aromatic carbocycles. The first-order valence-electron chi connectivity index (χ1n) is 6.98. The molecule has 0 heterocycles. The van der Waals surface area contributed by atoms with Gasteiger partial charge in [0, 0.05) is 6.07 Å². The van der Waals surface area contributed by atoms with E-state index in [0.717, 1.165) is 19.2 Å². The van der Waals surface area contributed by atoms with Crippen LogP contribution in [0.15, 0.2) is 23.1 Å². The lowest BCUT2D eigenvalue weighted by atomic mass is 10.2. The molecule has 14 heteroatoms. The van der Waals surface area contributed by atoms with Crippen LogP contribution in [0.5, 0.6) is 5.75 Å². The SMILES string of the molecule is COc1ccc(NS(=O)(=O)c2c(F)c(F)c(NS(C)(=O)=O)c(F)c2F)cc1F. The highest BCUT2D eigenvalue weighted by molar-refractivity contribution is 7.92. The Hall–Kier alpha value is -2.61. The molecule has 0 saturated heterocycles. The highest BCUT2D eigenvalue weighted by atomic mass is 32.2. The van der Waals surface area contributed by atoms with Gasteiger partial charge < -0.3 is 4.74 Å². The number of sulfonamides is 2. The molecule has 0 radical (unpaired) electrons. The largest absolute Gasteiger partial charge is 0.494 e. The molecule has 0 fully saturated rings. The first-order valence-corrected chi connectivity index (χ1v) is 10.4. The molecule has 0 aliphatic carbocycles. The molecule has 7 nitrogen and oxygen atoms in total. The monoisotopic (exact) mass is 446 g/mol. The number of ether oxygens (including phenoxy) is 1. The average molecular weight is 446 g/mol. The second-order valence-corrected chi connectivity index (χ2v) is 8.66. The Morgan fingerprint density at radius 3 is 1.82 bits per heavy atom. The van der Waals surface area contributed by atoms with E-state index in [9.17, 15) is 38.8 Å². The van der Waals surface area contributed by atoms with Gasteiger partial charge in [0.2, 0.25) is 10.0 Å². The number of anilines is 2. The Morgan fingerprint density at radius 2 is 1.39 bits per heavy atom. The Bertz CT molecular complexity index is 1120. The van der Waals surface area contributed by atoms with Gasteiger partial charge in [0.25, 0.3) is 10.0 Å². The van der Waals surface area contributed by atoms with E-state index in [-0.39, 0.29) is 5.75 Å². The van der Waals surface area contributed by atoms with Crippen molar-refractivity contribution in [1.82, 2.24) is 0 Å². The summed E-state index contributed by atoms with van der Waals surface area (Å²) in [5.41, 5.74) is -2.26. The van der Waals surface area contributed by atoms with Gasteiger partial charge in [0.15, 0.2) is 39.7 Å². The normalized spacial score (nSPS) is 12.0. The van der Waals surface area contributed by atoms with Gasteiger partial charge in [-0.15, -0.1) is 0 Å². The topological polar surface area (TPSA) is 102 Å². The summed E-state index contributed by atoms with van der Waals surface area (Å²) in [7, 11) is -8.50. The molecular formula is C14H11F5N2O5S2. The van der Waals surface area contributed by atoms with E-state index in [4.69, 9.17) is 0 Å². The molecule has 0 aromatic heterocycles. The predicted molar refractivity (Wildman–Crippen MR) is 88.5 cm³/mol. The first kappa shape index (κ1) is 21.7. The number of rotatable bonds is 6. The lowest BCUT2D eigenvalue weighted by Crippen LogP contribution is -2.21. The maximum atomic E-state index is 14.1. The van der Waals surface area contributed by atoms with E-state index in [2.05, 4.69) is 4.74 Å². The van der Waals surface area contributed by atoms with Crippen LogP contribution in [0.3, 0.4) is 0 Å². The van der Waals surface area contributed by atoms with Crippen LogP contribution in [0.4, 0.5) is 33.3 Å². The van der Waals surface area contributed by atoms with E-state index >= 15 is 0 Å². The second-order valence-electron chi connectivity index (χ2n) is 5.29. The van der Waals surface area contributed by atoms with Crippen molar-refractivity contribution in [1.29, 1.82) is 0 Å². The van der Waals surface area contributed by atoms with Crippen LogP contribution in [-0.4, -0.2) is 30.2 Å². The lowest BCUT2D eigenvalue weighted by Gasteiger charge is -2.14. The first-order chi connectivity index (χ1) is 12.8. The van der Waals surface area contributed by atoms with E-state index in [0.29, 0.717) is 12.3 Å². The van der Waals surface area contributed by atoms with Crippen LogP contribution in [0.25, 0.3) is 0 Å². The van der Waals surface area contributed by atoms with Crippen LogP contribution >= 0.6 is 0 Å². The fraction of sp³-hybridized carbons (Fsp3) is 0.143. The van der Waals surface area contributed by atoms with Crippen LogP contribution in [-0.2, 0) is 20.0 Å². The van der Waals surface area contributed by atoms with E-state index < -0.39 is 65.4 Å². The Kier molecular flexibility index (Phi) is 5.75. The Labute approximate surface area is 156 Å². The second kappa shape index (κ2) is 7.43. The van der Waals surface area contributed by atoms with Gasteiger partial charge >= 0.3 is 0 Å². The molecule has 0 spiro atoms. The molecule has 2 rings (SSSR count). The molecule has 154 valence electrons. The smallest absolute Gasteiger partial charge is 0.267 e. The van der Waals surface area contributed by atoms with E-state index in [1.54, 1.807) is 4.72 Å². The summed E-state index contributed by atoms with van der Waals surface area (Å²) in [6, 6.07) is 2.54. The fourth-order valence-electron chi connectivity index (χ4n) is 2.06. The van der Waals surface area contributed by atoms with Crippen molar-refractivity contribution in [3.05, 3.63) is 47.3 Å². The van der Waals surface area contributed by atoms with Gasteiger partial charge in [-0.25, -0.2) is 38.8 Å². The molecule has 0 aliphatic heterocycles. The number of benzene rings is 2. The molecule has 2 aromatic rings. The predicted octanol–water partition coefficient (Wildman–Crippen LogP) is 2.56.